The number of unbranched alkanes of at least 4 members (excludes halogenated alkanes) is 3. The van der Waals surface area contributed by atoms with Crippen LogP contribution in [0.25, 0.3) is 0 Å². The zero-order valence-electron chi connectivity index (χ0n) is 9.22. The number of nitrogens with zero attached hydrogens (tertiary/aromatic N) is 1. The minimum atomic E-state index is -1.28. The molecule has 1 unspecified atom stereocenters. The van der Waals surface area contributed by atoms with Crippen molar-refractivity contribution in [2.24, 2.45) is 0 Å². The standard InChI is InChI=1S/C11H21NOSi/c1-14(11-7-5-9-13-14)10-6-3-2-4-8-12/h2-7,9-11H2,1H3. The van der Waals surface area contributed by atoms with Crippen LogP contribution in [0, 0.1) is 11.3 Å². The van der Waals surface area contributed by atoms with Crippen LogP contribution in [0.4, 0.5) is 0 Å². The molecule has 0 aromatic carbocycles. The fourth-order valence-corrected chi connectivity index (χ4v) is 5.24. The Morgan fingerprint density at radius 1 is 1.29 bits per heavy atom. The van der Waals surface area contributed by atoms with Crippen LogP contribution in [0.15, 0.2) is 0 Å². The lowest BCUT2D eigenvalue weighted by Gasteiger charge is -2.31. The average molecular weight is 211 g/mol. The van der Waals surface area contributed by atoms with Gasteiger partial charge in [-0.2, -0.15) is 5.26 Å². The van der Waals surface area contributed by atoms with E-state index in [1.54, 1.807) is 0 Å². The molecular formula is C11H21NOSi. The Kier molecular flexibility index (Phi) is 5.20. The molecule has 0 aromatic rings. The van der Waals surface area contributed by atoms with Gasteiger partial charge in [-0.15, -0.1) is 0 Å². The van der Waals surface area contributed by atoms with Gasteiger partial charge in [-0.3, -0.25) is 0 Å². The minimum absolute atomic E-state index is 0.721. The lowest BCUT2D eigenvalue weighted by Crippen LogP contribution is -2.37. The third kappa shape index (κ3) is 4.25. The summed E-state index contributed by atoms with van der Waals surface area (Å²) >= 11 is 0. The van der Waals surface area contributed by atoms with Crippen LogP contribution in [-0.2, 0) is 4.43 Å². The Labute approximate surface area is 88.4 Å². The molecular weight excluding hydrogens is 190 g/mol. The molecule has 0 spiro atoms. The summed E-state index contributed by atoms with van der Waals surface area (Å²) in [5, 5.41) is 8.40. The summed E-state index contributed by atoms with van der Waals surface area (Å²) in [6.45, 7) is 3.37. The lowest BCUT2D eigenvalue weighted by molar-refractivity contribution is 0.269. The van der Waals surface area contributed by atoms with Gasteiger partial charge in [0.15, 0.2) is 8.32 Å². The highest BCUT2D eigenvalue weighted by atomic mass is 28.4. The van der Waals surface area contributed by atoms with Crippen molar-refractivity contribution in [2.75, 3.05) is 6.61 Å². The second kappa shape index (κ2) is 6.21. The van der Waals surface area contributed by atoms with Gasteiger partial charge >= 0.3 is 0 Å². The molecule has 0 N–H and O–H groups in total. The van der Waals surface area contributed by atoms with Crippen LogP contribution in [0.5, 0.6) is 0 Å². The number of rotatable bonds is 5. The van der Waals surface area contributed by atoms with Crippen LogP contribution < -0.4 is 0 Å². The summed E-state index contributed by atoms with van der Waals surface area (Å²) in [6, 6.07) is 4.85. The summed E-state index contributed by atoms with van der Waals surface area (Å²) in [4.78, 5) is 0. The summed E-state index contributed by atoms with van der Waals surface area (Å²) in [6.07, 6.45) is 6.90. The van der Waals surface area contributed by atoms with Crippen LogP contribution in [-0.4, -0.2) is 14.9 Å². The SMILES string of the molecule is C[Si]1(CCCCCC#N)CCCCO1. The first-order chi connectivity index (χ1) is 6.77. The van der Waals surface area contributed by atoms with Crippen molar-refractivity contribution in [3.8, 4) is 6.07 Å². The molecule has 1 saturated heterocycles. The Bertz CT molecular complexity index is 194. The summed E-state index contributed by atoms with van der Waals surface area (Å²) in [7, 11) is -1.28. The van der Waals surface area contributed by atoms with Crippen molar-refractivity contribution in [1.82, 2.24) is 0 Å². The van der Waals surface area contributed by atoms with E-state index in [0.717, 1.165) is 19.4 Å². The highest BCUT2D eigenvalue weighted by Gasteiger charge is 2.30. The first-order valence-corrected chi connectivity index (χ1v) is 8.60. The predicted molar refractivity (Wildman–Crippen MR) is 60.5 cm³/mol. The smallest absolute Gasteiger partial charge is 0.189 e. The maximum Gasteiger partial charge on any atom is 0.189 e. The van der Waals surface area contributed by atoms with E-state index in [0.29, 0.717) is 0 Å². The number of hydrogen-bond donors (Lipinski definition) is 0. The molecule has 1 heterocycles. The van der Waals surface area contributed by atoms with Gasteiger partial charge in [0.25, 0.3) is 0 Å². The van der Waals surface area contributed by atoms with Crippen molar-refractivity contribution in [3.63, 3.8) is 0 Å². The van der Waals surface area contributed by atoms with Crippen molar-refractivity contribution in [2.45, 2.75) is 57.2 Å². The van der Waals surface area contributed by atoms with E-state index in [2.05, 4.69) is 12.6 Å². The molecule has 3 heteroatoms. The van der Waals surface area contributed by atoms with Gasteiger partial charge in [-0.05, 0) is 31.5 Å². The second-order valence-corrected chi connectivity index (χ2v) is 8.66. The van der Waals surface area contributed by atoms with E-state index in [-0.39, 0.29) is 0 Å². The number of nitriles is 1. The van der Waals surface area contributed by atoms with E-state index in [1.165, 1.54) is 37.8 Å². The van der Waals surface area contributed by atoms with Crippen LogP contribution in [0.3, 0.4) is 0 Å². The molecule has 1 rings (SSSR count). The van der Waals surface area contributed by atoms with Crippen LogP contribution in [0.1, 0.15) is 38.5 Å². The maximum atomic E-state index is 8.40. The van der Waals surface area contributed by atoms with Gasteiger partial charge in [-0.25, -0.2) is 0 Å². The third-order valence-corrected chi connectivity index (χ3v) is 6.77. The largest absolute Gasteiger partial charge is 0.417 e. The van der Waals surface area contributed by atoms with Crippen molar-refractivity contribution < 1.29 is 4.43 Å². The zero-order chi connectivity index (χ0) is 10.3. The fraction of sp³-hybridized carbons (Fsp3) is 0.909. The molecule has 1 atom stereocenters. The molecule has 0 saturated carbocycles. The molecule has 14 heavy (non-hydrogen) atoms. The molecule has 1 aliphatic rings. The van der Waals surface area contributed by atoms with Gasteiger partial charge in [0, 0.05) is 13.0 Å². The van der Waals surface area contributed by atoms with Crippen molar-refractivity contribution in [1.29, 1.82) is 5.26 Å². The molecule has 1 aliphatic heterocycles. The molecule has 0 bridgehead atoms. The Hall–Kier alpha value is -0.333. The molecule has 1 fully saturated rings. The van der Waals surface area contributed by atoms with Crippen LogP contribution >= 0.6 is 0 Å². The van der Waals surface area contributed by atoms with E-state index in [4.69, 9.17) is 9.69 Å². The normalized spacial score (nSPS) is 27.1. The lowest BCUT2D eigenvalue weighted by atomic mass is 10.2. The summed E-state index contributed by atoms with van der Waals surface area (Å²) < 4.78 is 5.95. The van der Waals surface area contributed by atoms with Crippen molar-refractivity contribution in [3.05, 3.63) is 0 Å². The van der Waals surface area contributed by atoms with E-state index >= 15 is 0 Å². The van der Waals surface area contributed by atoms with Gasteiger partial charge < -0.3 is 4.43 Å². The van der Waals surface area contributed by atoms with E-state index in [9.17, 15) is 0 Å². The molecule has 2 nitrogen and oxygen atoms in total. The molecule has 0 aromatic heterocycles. The monoisotopic (exact) mass is 211 g/mol. The first kappa shape index (κ1) is 11.7. The van der Waals surface area contributed by atoms with Crippen LogP contribution in [0.2, 0.25) is 18.6 Å². The maximum absolute atomic E-state index is 8.40. The molecule has 0 aliphatic carbocycles. The zero-order valence-corrected chi connectivity index (χ0v) is 10.2. The topological polar surface area (TPSA) is 33.0 Å². The minimum Gasteiger partial charge on any atom is -0.417 e. The summed E-state index contributed by atoms with van der Waals surface area (Å²) in [5.41, 5.74) is 0. The highest BCUT2D eigenvalue weighted by molar-refractivity contribution is 6.72. The highest BCUT2D eigenvalue weighted by Crippen LogP contribution is 2.27. The molecule has 0 radical (unpaired) electrons. The van der Waals surface area contributed by atoms with Gasteiger partial charge in [0.05, 0.1) is 6.07 Å². The predicted octanol–water partition coefficient (Wildman–Crippen LogP) is 3.46. The summed E-state index contributed by atoms with van der Waals surface area (Å²) in [5.74, 6) is 0. The van der Waals surface area contributed by atoms with Gasteiger partial charge in [0.1, 0.15) is 0 Å². The Morgan fingerprint density at radius 3 is 2.79 bits per heavy atom. The Balaban J connectivity index is 2.07. The molecule has 80 valence electrons. The quantitative estimate of drug-likeness (QED) is 0.515. The fourth-order valence-electron chi connectivity index (χ4n) is 2.07. The first-order valence-electron chi connectivity index (χ1n) is 5.78. The van der Waals surface area contributed by atoms with Gasteiger partial charge in [-0.1, -0.05) is 19.3 Å². The Morgan fingerprint density at radius 2 is 2.14 bits per heavy atom. The third-order valence-electron chi connectivity index (χ3n) is 3.04. The van der Waals surface area contributed by atoms with Crippen molar-refractivity contribution >= 4 is 8.32 Å². The number of hydrogen-bond acceptors (Lipinski definition) is 2. The van der Waals surface area contributed by atoms with E-state index in [1.807, 2.05) is 0 Å². The second-order valence-electron chi connectivity index (χ2n) is 4.47. The average Bonchev–Trinajstić information content (AvgIpc) is 2.18. The van der Waals surface area contributed by atoms with Gasteiger partial charge in [0.2, 0.25) is 0 Å². The van der Waals surface area contributed by atoms with E-state index < -0.39 is 8.32 Å². The molecule has 0 amide bonds.